The third-order valence-corrected chi connectivity index (χ3v) is 5.04. The van der Waals surface area contributed by atoms with Crippen LogP contribution in [0.15, 0.2) is 34.2 Å². The standard InChI is InChI=1S/C12H17N3O2S2/c1-12(2)7-14-11(18-8-12)15-9-3-5-10(6-4-9)19(13,16)17/h3-6H,7-8H2,1-2H3,(H,14,15)(H2,13,16,17). The minimum atomic E-state index is -3.63. The van der Waals surface area contributed by atoms with Gasteiger partial charge in [0.1, 0.15) is 0 Å². The number of anilines is 1. The maximum Gasteiger partial charge on any atom is 0.238 e. The van der Waals surface area contributed by atoms with E-state index in [4.69, 9.17) is 5.14 Å². The monoisotopic (exact) mass is 299 g/mol. The molecule has 0 atom stereocenters. The number of primary sulfonamides is 1. The van der Waals surface area contributed by atoms with Crippen LogP contribution in [0.3, 0.4) is 0 Å². The maximum atomic E-state index is 11.1. The van der Waals surface area contributed by atoms with E-state index in [-0.39, 0.29) is 10.3 Å². The molecule has 0 aromatic heterocycles. The summed E-state index contributed by atoms with van der Waals surface area (Å²) in [6.07, 6.45) is 0. The van der Waals surface area contributed by atoms with Crippen LogP contribution in [-0.2, 0) is 10.0 Å². The van der Waals surface area contributed by atoms with Gasteiger partial charge in [-0.3, -0.25) is 4.99 Å². The summed E-state index contributed by atoms with van der Waals surface area (Å²) < 4.78 is 22.3. The van der Waals surface area contributed by atoms with Gasteiger partial charge < -0.3 is 5.32 Å². The Balaban J connectivity index is 2.07. The molecular formula is C12H17N3O2S2. The van der Waals surface area contributed by atoms with Crippen LogP contribution in [0.4, 0.5) is 5.69 Å². The first-order valence-corrected chi connectivity index (χ1v) is 8.37. The maximum absolute atomic E-state index is 11.1. The lowest BCUT2D eigenvalue weighted by molar-refractivity contribution is 0.438. The van der Waals surface area contributed by atoms with Gasteiger partial charge in [0.2, 0.25) is 10.0 Å². The van der Waals surface area contributed by atoms with Gasteiger partial charge in [0.25, 0.3) is 0 Å². The Morgan fingerprint density at radius 2 is 1.95 bits per heavy atom. The fourth-order valence-electron chi connectivity index (χ4n) is 1.57. The number of hydrogen-bond donors (Lipinski definition) is 2. The average Bonchev–Trinajstić information content (AvgIpc) is 2.31. The van der Waals surface area contributed by atoms with Gasteiger partial charge in [-0.2, -0.15) is 0 Å². The Bertz CT molecular complexity index is 592. The molecule has 0 saturated heterocycles. The zero-order chi connectivity index (χ0) is 14.1. The first-order chi connectivity index (χ1) is 8.76. The number of hydrogen-bond acceptors (Lipinski definition) is 5. The summed E-state index contributed by atoms with van der Waals surface area (Å²) in [5.41, 5.74) is 1.03. The van der Waals surface area contributed by atoms with Crippen molar-refractivity contribution in [2.75, 3.05) is 17.6 Å². The van der Waals surface area contributed by atoms with Crippen molar-refractivity contribution in [2.45, 2.75) is 18.7 Å². The predicted octanol–water partition coefficient (Wildman–Crippen LogP) is 1.87. The lowest BCUT2D eigenvalue weighted by Crippen LogP contribution is -2.27. The predicted molar refractivity (Wildman–Crippen MR) is 80.0 cm³/mol. The fourth-order valence-corrected chi connectivity index (χ4v) is 3.05. The van der Waals surface area contributed by atoms with E-state index in [2.05, 4.69) is 24.2 Å². The second-order valence-electron chi connectivity index (χ2n) is 5.27. The minimum Gasteiger partial charge on any atom is -0.335 e. The molecule has 5 nitrogen and oxygen atoms in total. The van der Waals surface area contributed by atoms with Crippen molar-refractivity contribution in [3.8, 4) is 0 Å². The van der Waals surface area contributed by atoms with Crippen molar-refractivity contribution in [2.24, 2.45) is 15.5 Å². The largest absolute Gasteiger partial charge is 0.335 e. The van der Waals surface area contributed by atoms with Crippen LogP contribution >= 0.6 is 11.8 Å². The van der Waals surface area contributed by atoms with E-state index in [9.17, 15) is 8.42 Å². The summed E-state index contributed by atoms with van der Waals surface area (Å²) in [5.74, 6) is 1.01. The van der Waals surface area contributed by atoms with Crippen LogP contribution in [0.1, 0.15) is 13.8 Å². The molecule has 3 N–H and O–H groups in total. The van der Waals surface area contributed by atoms with E-state index in [1.807, 2.05) is 0 Å². The Morgan fingerprint density at radius 3 is 2.42 bits per heavy atom. The molecule has 1 aromatic rings. The highest BCUT2D eigenvalue weighted by Gasteiger charge is 2.23. The van der Waals surface area contributed by atoms with Crippen molar-refractivity contribution in [1.29, 1.82) is 0 Å². The first kappa shape index (κ1) is 14.4. The molecular weight excluding hydrogens is 282 g/mol. The van der Waals surface area contributed by atoms with Crippen LogP contribution < -0.4 is 10.5 Å². The summed E-state index contributed by atoms with van der Waals surface area (Å²) in [6, 6.07) is 6.33. The average molecular weight is 299 g/mol. The quantitative estimate of drug-likeness (QED) is 0.873. The van der Waals surface area contributed by atoms with Crippen LogP contribution in [0.25, 0.3) is 0 Å². The van der Waals surface area contributed by atoms with Gasteiger partial charge in [-0.15, -0.1) is 0 Å². The molecule has 1 aliphatic heterocycles. The normalized spacial score (nSPS) is 18.8. The van der Waals surface area contributed by atoms with E-state index >= 15 is 0 Å². The number of amidine groups is 1. The lowest BCUT2D eigenvalue weighted by atomic mass is 9.97. The van der Waals surface area contributed by atoms with Crippen molar-refractivity contribution in [1.82, 2.24) is 0 Å². The minimum absolute atomic E-state index is 0.109. The Hall–Kier alpha value is -1.05. The second-order valence-corrected chi connectivity index (χ2v) is 7.79. The molecule has 0 bridgehead atoms. The van der Waals surface area contributed by atoms with Gasteiger partial charge in [0.15, 0.2) is 5.17 Å². The summed E-state index contributed by atoms with van der Waals surface area (Å²) in [7, 11) is -3.63. The van der Waals surface area contributed by atoms with E-state index in [0.29, 0.717) is 0 Å². The van der Waals surface area contributed by atoms with Crippen LogP contribution in [0.2, 0.25) is 0 Å². The number of thioether (sulfide) groups is 1. The van der Waals surface area contributed by atoms with E-state index in [1.54, 1.807) is 23.9 Å². The van der Waals surface area contributed by atoms with Gasteiger partial charge in [0.05, 0.1) is 4.90 Å². The summed E-state index contributed by atoms with van der Waals surface area (Å²) >= 11 is 1.67. The third kappa shape index (κ3) is 3.95. The molecule has 0 amide bonds. The molecule has 2 rings (SSSR count). The SMILES string of the molecule is CC1(C)CN=C(Nc2ccc(S(N)(=O)=O)cc2)SC1. The number of rotatable bonds is 2. The van der Waals surface area contributed by atoms with Crippen molar-refractivity contribution in [3.05, 3.63) is 24.3 Å². The Labute approximate surface area is 117 Å². The first-order valence-electron chi connectivity index (χ1n) is 5.83. The Kier molecular flexibility index (Phi) is 3.89. The molecule has 0 fully saturated rings. The Morgan fingerprint density at radius 1 is 1.32 bits per heavy atom. The van der Waals surface area contributed by atoms with E-state index in [0.717, 1.165) is 23.2 Å². The fraction of sp³-hybridized carbons (Fsp3) is 0.417. The molecule has 0 aliphatic carbocycles. The molecule has 104 valence electrons. The van der Waals surface area contributed by atoms with E-state index < -0.39 is 10.0 Å². The lowest BCUT2D eigenvalue weighted by Gasteiger charge is -2.27. The molecule has 19 heavy (non-hydrogen) atoms. The summed E-state index contributed by atoms with van der Waals surface area (Å²) in [5, 5.41) is 9.08. The third-order valence-electron chi connectivity index (χ3n) is 2.68. The van der Waals surface area contributed by atoms with Gasteiger partial charge in [-0.05, 0) is 29.7 Å². The smallest absolute Gasteiger partial charge is 0.238 e. The van der Waals surface area contributed by atoms with Crippen LogP contribution in [0.5, 0.6) is 0 Å². The number of aliphatic imine (C=N–C) groups is 1. The van der Waals surface area contributed by atoms with Crippen LogP contribution in [0, 0.1) is 5.41 Å². The molecule has 1 aromatic carbocycles. The summed E-state index contributed by atoms with van der Waals surface area (Å²) in [6.45, 7) is 5.15. The topological polar surface area (TPSA) is 84.5 Å². The van der Waals surface area contributed by atoms with Gasteiger partial charge in [-0.25, -0.2) is 13.6 Å². The molecule has 0 radical (unpaired) electrons. The molecule has 0 unspecified atom stereocenters. The molecule has 1 aliphatic rings. The second kappa shape index (κ2) is 5.15. The summed E-state index contributed by atoms with van der Waals surface area (Å²) in [4.78, 5) is 4.58. The number of benzene rings is 1. The molecule has 7 heteroatoms. The zero-order valence-electron chi connectivity index (χ0n) is 10.9. The van der Waals surface area contributed by atoms with Gasteiger partial charge in [0, 0.05) is 18.0 Å². The van der Waals surface area contributed by atoms with Crippen molar-refractivity contribution < 1.29 is 8.42 Å². The molecule has 1 heterocycles. The highest BCUT2D eigenvalue weighted by atomic mass is 32.2. The molecule has 0 saturated carbocycles. The molecule has 0 spiro atoms. The highest BCUT2D eigenvalue weighted by molar-refractivity contribution is 8.14. The van der Waals surface area contributed by atoms with Gasteiger partial charge in [-0.1, -0.05) is 25.6 Å². The van der Waals surface area contributed by atoms with Crippen molar-refractivity contribution in [3.63, 3.8) is 0 Å². The van der Waals surface area contributed by atoms with Gasteiger partial charge >= 0.3 is 0 Å². The van der Waals surface area contributed by atoms with Crippen molar-refractivity contribution >= 4 is 32.6 Å². The number of nitrogens with two attached hydrogens (primary N) is 1. The van der Waals surface area contributed by atoms with Crippen LogP contribution in [-0.4, -0.2) is 25.9 Å². The number of nitrogens with zero attached hydrogens (tertiary/aromatic N) is 1. The number of sulfonamides is 1. The van der Waals surface area contributed by atoms with E-state index in [1.165, 1.54) is 12.1 Å². The zero-order valence-corrected chi connectivity index (χ0v) is 12.5. The number of nitrogens with one attached hydrogen (secondary N) is 1. The highest BCUT2D eigenvalue weighted by Crippen LogP contribution is 2.28.